The lowest BCUT2D eigenvalue weighted by Gasteiger charge is -2.21. The summed E-state index contributed by atoms with van der Waals surface area (Å²) in [6, 6.07) is 20.5. The predicted octanol–water partition coefficient (Wildman–Crippen LogP) is 6.43. The first-order valence-corrected chi connectivity index (χ1v) is 11.0. The zero-order chi connectivity index (χ0) is 22.6. The molecule has 2 N–H and O–H groups in total. The first-order valence-electron chi connectivity index (χ1n) is 10.1. The van der Waals surface area contributed by atoms with Gasteiger partial charge in [-0.2, -0.15) is 0 Å². The van der Waals surface area contributed by atoms with Gasteiger partial charge in [0.05, 0.1) is 17.7 Å². The van der Waals surface area contributed by atoms with Crippen molar-refractivity contribution in [2.24, 2.45) is 0 Å². The summed E-state index contributed by atoms with van der Waals surface area (Å²) in [4.78, 5) is 25.4. The largest absolute Gasteiger partial charge is 0.478 e. The van der Waals surface area contributed by atoms with Gasteiger partial charge in [0.2, 0.25) is 5.91 Å². The summed E-state index contributed by atoms with van der Waals surface area (Å²) < 4.78 is -0.0447. The van der Waals surface area contributed by atoms with Gasteiger partial charge >= 0.3 is 5.97 Å². The number of carbonyl (C=O) groups excluding carboxylic acids is 1. The van der Waals surface area contributed by atoms with E-state index in [1.54, 1.807) is 30.0 Å². The number of benzene rings is 3. The van der Waals surface area contributed by atoms with Gasteiger partial charge < -0.3 is 10.4 Å². The van der Waals surface area contributed by atoms with Crippen LogP contribution < -0.4 is 5.32 Å². The molecule has 1 amide bonds. The third-order valence-electron chi connectivity index (χ3n) is 4.62. The number of nitrogens with one attached hydrogen (secondary N) is 1. The highest BCUT2D eigenvalue weighted by Crippen LogP contribution is 2.39. The SMILES string of the molecule is Cc1ccc(CC(=O)Nc2cc(-c3ccccc3C(=O)O)ccc2SC(C)(C)C)cc1. The zero-order valence-electron chi connectivity index (χ0n) is 18.2. The fraction of sp³-hybridized carbons (Fsp3) is 0.231. The van der Waals surface area contributed by atoms with Gasteiger partial charge in [-0.1, -0.05) is 74.9 Å². The van der Waals surface area contributed by atoms with E-state index in [1.807, 2.05) is 55.5 Å². The molecule has 160 valence electrons. The summed E-state index contributed by atoms with van der Waals surface area (Å²) in [5, 5.41) is 12.6. The molecule has 3 aromatic rings. The molecule has 0 bridgehead atoms. The number of thioether (sulfide) groups is 1. The van der Waals surface area contributed by atoms with Crippen LogP contribution >= 0.6 is 11.8 Å². The van der Waals surface area contributed by atoms with E-state index in [4.69, 9.17) is 0 Å². The van der Waals surface area contributed by atoms with Crippen LogP contribution in [0.1, 0.15) is 42.3 Å². The maximum atomic E-state index is 12.8. The molecule has 0 heterocycles. The Bertz CT molecular complexity index is 1100. The summed E-state index contributed by atoms with van der Waals surface area (Å²) in [6.45, 7) is 8.36. The number of carboxylic acids is 1. The average Bonchev–Trinajstić information content (AvgIpc) is 2.70. The van der Waals surface area contributed by atoms with E-state index in [1.165, 1.54) is 0 Å². The molecule has 5 heteroatoms. The number of carboxylic acid groups (broad SMARTS) is 1. The summed E-state index contributed by atoms with van der Waals surface area (Å²) in [5.41, 5.74) is 4.39. The van der Waals surface area contributed by atoms with Gasteiger partial charge in [0.15, 0.2) is 0 Å². The first kappa shape index (κ1) is 22.6. The van der Waals surface area contributed by atoms with Crippen LogP contribution in [0.3, 0.4) is 0 Å². The molecule has 0 saturated heterocycles. The molecule has 0 unspecified atom stereocenters. The van der Waals surface area contributed by atoms with Crippen molar-refractivity contribution in [1.29, 1.82) is 0 Å². The smallest absolute Gasteiger partial charge is 0.336 e. The quantitative estimate of drug-likeness (QED) is 0.440. The lowest BCUT2D eigenvalue weighted by molar-refractivity contribution is -0.115. The van der Waals surface area contributed by atoms with Gasteiger partial charge in [0.25, 0.3) is 0 Å². The number of hydrogen-bond donors (Lipinski definition) is 2. The van der Waals surface area contributed by atoms with Gasteiger partial charge in [-0.25, -0.2) is 4.79 Å². The van der Waals surface area contributed by atoms with Crippen LogP contribution in [-0.2, 0) is 11.2 Å². The molecule has 3 rings (SSSR count). The molecular formula is C26H27NO3S. The third kappa shape index (κ3) is 6.22. The predicted molar refractivity (Wildman–Crippen MR) is 128 cm³/mol. The van der Waals surface area contributed by atoms with Crippen molar-refractivity contribution in [1.82, 2.24) is 0 Å². The second kappa shape index (κ2) is 9.40. The Balaban J connectivity index is 1.95. The van der Waals surface area contributed by atoms with Crippen molar-refractivity contribution in [3.05, 3.63) is 83.4 Å². The number of amides is 1. The topological polar surface area (TPSA) is 66.4 Å². The standard InChI is InChI=1S/C26H27NO3S/c1-17-9-11-18(12-10-17)15-24(28)27-22-16-19(13-14-23(22)31-26(2,3)4)20-7-5-6-8-21(20)25(29)30/h5-14,16H,15H2,1-4H3,(H,27,28)(H,29,30). The maximum Gasteiger partial charge on any atom is 0.336 e. The van der Waals surface area contributed by atoms with E-state index in [0.717, 1.165) is 21.6 Å². The van der Waals surface area contributed by atoms with Crippen LogP contribution in [0.25, 0.3) is 11.1 Å². The fourth-order valence-electron chi connectivity index (χ4n) is 3.22. The minimum atomic E-state index is -0.978. The van der Waals surface area contributed by atoms with Crippen LogP contribution in [-0.4, -0.2) is 21.7 Å². The number of anilines is 1. The van der Waals surface area contributed by atoms with Gasteiger partial charge in [0.1, 0.15) is 0 Å². The molecule has 31 heavy (non-hydrogen) atoms. The third-order valence-corrected chi connectivity index (χ3v) is 5.81. The molecule has 0 aliphatic heterocycles. The molecule has 0 aromatic heterocycles. The Kier molecular flexibility index (Phi) is 6.86. The monoisotopic (exact) mass is 433 g/mol. The number of carbonyl (C=O) groups is 2. The number of aromatic carboxylic acids is 1. The number of rotatable bonds is 6. The Hall–Kier alpha value is -3.05. The molecule has 3 aromatic carbocycles. The van der Waals surface area contributed by atoms with Crippen molar-refractivity contribution in [3.63, 3.8) is 0 Å². The highest BCUT2D eigenvalue weighted by Gasteiger charge is 2.18. The average molecular weight is 434 g/mol. The molecule has 0 aliphatic rings. The molecule has 0 atom stereocenters. The van der Waals surface area contributed by atoms with Crippen molar-refractivity contribution in [2.45, 2.75) is 43.8 Å². The summed E-state index contributed by atoms with van der Waals surface area (Å²) >= 11 is 1.66. The van der Waals surface area contributed by atoms with E-state index in [0.29, 0.717) is 11.3 Å². The van der Waals surface area contributed by atoms with Crippen molar-refractivity contribution in [3.8, 4) is 11.1 Å². The minimum Gasteiger partial charge on any atom is -0.478 e. The highest BCUT2D eigenvalue weighted by molar-refractivity contribution is 8.00. The van der Waals surface area contributed by atoms with E-state index in [2.05, 4.69) is 26.1 Å². The van der Waals surface area contributed by atoms with E-state index >= 15 is 0 Å². The Morgan fingerprint density at radius 2 is 1.65 bits per heavy atom. The van der Waals surface area contributed by atoms with E-state index < -0.39 is 5.97 Å². The lowest BCUT2D eigenvalue weighted by Crippen LogP contribution is -2.16. The summed E-state index contributed by atoms with van der Waals surface area (Å²) in [5.74, 6) is -1.09. The normalized spacial score (nSPS) is 11.2. The summed E-state index contributed by atoms with van der Waals surface area (Å²) in [7, 11) is 0. The van der Waals surface area contributed by atoms with Gasteiger partial charge in [-0.3, -0.25) is 4.79 Å². The Morgan fingerprint density at radius 3 is 2.29 bits per heavy atom. The molecule has 0 spiro atoms. The minimum absolute atomic E-state index is 0.0447. The van der Waals surface area contributed by atoms with Crippen LogP contribution in [0.4, 0.5) is 5.69 Å². The molecule has 4 nitrogen and oxygen atoms in total. The number of hydrogen-bond acceptors (Lipinski definition) is 3. The first-order chi connectivity index (χ1) is 14.6. The van der Waals surface area contributed by atoms with Crippen molar-refractivity contribution in [2.75, 3.05) is 5.32 Å². The van der Waals surface area contributed by atoms with Crippen molar-refractivity contribution >= 4 is 29.3 Å². The van der Waals surface area contributed by atoms with Crippen LogP contribution in [0.5, 0.6) is 0 Å². The van der Waals surface area contributed by atoms with Gasteiger partial charge in [-0.05, 0) is 41.8 Å². The van der Waals surface area contributed by atoms with E-state index in [-0.39, 0.29) is 22.6 Å². The van der Waals surface area contributed by atoms with Crippen LogP contribution in [0.15, 0.2) is 71.6 Å². The van der Waals surface area contributed by atoms with Crippen molar-refractivity contribution < 1.29 is 14.7 Å². The molecule has 0 fully saturated rings. The molecular weight excluding hydrogens is 406 g/mol. The maximum absolute atomic E-state index is 12.8. The Labute approximate surface area is 187 Å². The number of aryl methyl sites for hydroxylation is 1. The van der Waals surface area contributed by atoms with Crippen LogP contribution in [0.2, 0.25) is 0 Å². The Morgan fingerprint density at radius 1 is 0.968 bits per heavy atom. The van der Waals surface area contributed by atoms with Gasteiger partial charge in [-0.15, -0.1) is 11.8 Å². The second-order valence-electron chi connectivity index (χ2n) is 8.49. The van der Waals surface area contributed by atoms with Gasteiger partial charge in [0, 0.05) is 9.64 Å². The molecule has 0 aliphatic carbocycles. The lowest BCUT2D eigenvalue weighted by atomic mass is 9.99. The summed E-state index contributed by atoms with van der Waals surface area (Å²) in [6.07, 6.45) is 0.274. The van der Waals surface area contributed by atoms with Crippen LogP contribution in [0, 0.1) is 6.92 Å². The molecule has 0 saturated carbocycles. The highest BCUT2D eigenvalue weighted by atomic mass is 32.2. The second-order valence-corrected chi connectivity index (χ2v) is 10.4. The van der Waals surface area contributed by atoms with E-state index in [9.17, 15) is 14.7 Å². The zero-order valence-corrected chi connectivity index (χ0v) is 19.0. The fourth-order valence-corrected chi connectivity index (χ4v) is 4.24. The molecule has 0 radical (unpaired) electrons.